The van der Waals surface area contributed by atoms with E-state index in [0.717, 1.165) is 35.5 Å². The Balaban J connectivity index is 1.38. The molecule has 0 saturated carbocycles. The number of hydrogen-bond acceptors (Lipinski definition) is 3. The number of rotatable bonds is 3. The van der Waals surface area contributed by atoms with E-state index in [1.165, 1.54) is 0 Å². The van der Waals surface area contributed by atoms with Crippen molar-refractivity contribution in [2.24, 2.45) is 5.92 Å². The van der Waals surface area contributed by atoms with E-state index in [9.17, 15) is 9.59 Å². The summed E-state index contributed by atoms with van der Waals surface area (Å²) in [4.78, 5) is 34.1. The molecule has 2 N–H and O–H groups in total. The Bertz CT molecular complexity index is 796. The molecule has 1 aromatic heterocycles. The largest absolute Gasteiger partial charge is 0.351 e. The van der Waals surface area contributed by atoms with Crippen molar-refractivity contribution in [3.05, 3.63) is 47.5 Å². The van der Waals surface area contributed by atoms with Gasteiger partial charge in [0.1, 0.15) is 0 Å². The van der Waals surface area contributed by atoms with Gasteiger partial charge in [-0.05, 0) is 31.9 Å². The molecule has 25 heavy (non-hydrogen) atoms. The summed E-state index contributed by atoms with van der Waals surface area (Å²) in [5.41, 5.74) is 4.20. The van der Waals surface area contributed by atoms with Gasteiger partial charge < -0.3 is 15.2 Å². The fourth-order valence-corrected chi connectivity index (χ4v) is 3.72. The number of aromatic nitrogens is 2. The van der Waals surface area contributed by atoms with Crippen LogP contribution in [0.1, 0.15) is 29.8 Å². The first-order chi connectivity index (χ1) is 12.1. The number of nitrogens with zero attached hydrogens (tertiary/aromatic N) is 2. The van der Waals surface area contributed by atoms with Crippen molar-refractivity contribution in [2.75, 3.05) is 11.4 Å². The van der Waals surface area contributed by atoms with Crippen LogP contribution in [0.2, 0.25) is 0 Å². The lowest BCUT2D eigenvalue weighted by molar-refractivity contribution is -0.126. The molecule has 2 unspecified atom stereocenters. The van der Waals surface area contributed by atoms with Crippen molar-refractivity contribution in [3.63, 3.8) is 0 Å². The lowest BCUT2D eigenvalue weighted by Gasteiger charge is -2.23. The number of aromatic amines is 1. The highest BCUT2D eigenvalue weighted by Gasteiger charge is 2.34. The van der Waals surface area contributed by atoms with Crippen molar-refractivity contribution in [3.8, 4) is 0 Å². The molecule has 2 amide bonds. The maximum absolute atomic E-state index is 12.6. The Hall–Kier alpha value is -2.63. The molecule has 1 saturated heterocycles. The number of hydrogen-bond donors (Lipinski definition) is 2. The van der Waals surface area contributed by atoms with Crippen molar-refractivity contribution in [1.29, 1.82) is 0 Å². The molecule has 1 fully saturated rings. The number of carbonyl (C=O) groups excluding carboxylic acids is 2. The van der Waals surface area contributed by atoms with Crippen molar-refractivity contribution >= 4 is 17.5 Å². The van der Waals surface area contributed by atoms with Gasteiger partial charge in [-0.1, -0.05) is 17.7 Å². The number of aryl methyl sites for hydroxylation is 2. The quantitative estimate of drug-likeness (QED) is 0.895. The summed E-state index contributed by atoms with van der Waals surface area (Å²) in [6.07, 6.45) is 4.40. The first-order valence-electron chi connectivity index (χ1n) is 8.78. The molecule has 2 aromatic rings. The third kappa shape index (κ3) is 3.16. The predicted octanol–water partition coefficient (Wildman–Crippen LogP) is 1.74. The van der Waals surface area contributed by atoms with Gasteiger partial charge in [0.15, 0.2) is 0 Å². The molecule has 130 valence electrons. The highest BCUT2D eigenvalue weighted by atomic mass is 16.2. The van der Waals surface area contributed by atoms with E-state index in [1.807, 2.05) is 31.2 Å². The van der Waals surface area contributed by atoms with Crippen molar-refractivity contribution < 1.29 is 9.59 Å². The van der Waals surface area contributed by atoms with Gasteiger partial charge in [0, 0.05) is 36.7 Å². The number of amides is 2. The molecule has 2 heterocycles. The first kappa shape index (κ1) is 15.9. The summed E-state index contributed by atoms with van der Waals surface area (Å²) in [6.45, 7) is 2.56. The molecule has 0 spiro atoms. The maximum Gasteiger partial charge on any atom is 0.229 e. The molecule has 1 aromatic carbocycles. The van der Waals surface area contributed by atoms with Gasteiger partial charge in [0.05, 0.1) is 18.1 Å². The zero-order chi connectivity index (χ0) is 17.4. The minimum atomic E-state index is -0.121. The Morgan fingerprint density at radius 3 is 2.88 bits per heavy atom. The van der Waals surface area contributed by atoms with Gasteiger partial charge in [0.25, 0.3) is 0 Å². The summed E-state index contributed by atoms with van der Waals surface area (Å²) < 4.78 is 0. The van der Waals surface area contributed by atoms with Gasteiger partial charge >= 0.3 is 0 Å². The summed E-state index contributed by atoms with van der Waals surface area (Å²) in [5, 5.41) is 3.08. The Labute approximate surface area is 146 Å². The third-order valence-electron chi connectivity index (χ3n) is 5.18. The smallest absolute Gasteiger partial charge is 0.229 e. The van der Waals surface area contributed by atoms with E-state index >= 15 is 0 Å². The molecule has 2 aliphatic rings. The van der Waals surface area contributed by atoms with E-state index in [-0.39, 0.29) is 23.8 Å². The highest BCUT2D eigenvalue weighted by molar-refractivity contribution is 5.97. The van der Waals surface area contributed by atoms with Crippen LogP contribution >= 0.6 is 0 Å². The van der Waals surface area contributed by atoms with Gasteiger partial charge in [-0.2, -0.15) is 0 Å². The zero-order valence-corrected chi connectivity index (χ0v) is 14.3. The van der Waals surface area contributed by atoms with E-state index in [1.54, 1.807) is 11.2 Å². The maximum atomic E-state index is 12.6. The summed E-state index contributed by atoms with van der Waals surface area (Å²) in [5.74, 6) is 0.0638. The average molecular weight is 338 g/mol. The standard InChI is InChI=1S/C19H22N4O2/c1-12-2-5-15(6-3-12)23-10-14(9-18(23)24)22-19(25)13-4-7-16-17(8-13)21-11-20-16/h2-3,5-6,11,13-14H,4,7-10H2,1H3,(H,20,21)(H,22,25). The molecule has 4 rings (SSSR count). The highest BCUT2D eigenvalue weighted by Crippen LogP contribution is 2.25. The Kier molecular flexibility index (Phi) is 4.03. The Morgan fingerprint density at radius 1 is 1.28 bits per heavy atom. The second-order valence-corrected chi connectivity index (χ2v) is 7.02. The van der Waals surface area contributed by atoms with Gasteiger partial charge in [-0.15, -0.1) is 0 Å². The number of nitrogens with one attached hydrogen (secondary N) is 2. The summed E-state index contributed by atoms with van der Waals surface area (Å²) >= 11 is 0. The van der Waals surface area contributed by atoms with E-state index < -0.39 is 0 Å². The molecule has 6 nitrogen and oxygen atoms in total. The molecule has 1 aliphatic heterocycles. The SMILES string of the molecule is Cc1ccc(N2CC(NC(=O)C3CCc4nc[nH]c4C3)CC2=O)cc1. The summed E-state index contributed by atoms with van der Waals surface area (Å²) in [7, 11) is 0. The molecule has 1 aliphatic carbocycles. The molecule has 0 radical (unpaired) electrons. The van der Waals surface area contributed by atoms with Crippen LogP contribution in [0.15, 0.2) is 30.6 Å². The second kappa shape index (κ2) is 6.35. The summed E-state index contributed by atoms with van der Waals surface area (Å²) in [6, 6.07) is 7.79. The monoisotopic (exact) mass is 338 g/mol. The Morgan fingerprint density at radius 2 is 2.08 bits per heavy atom. The van der Waals surface area contributed by atoms with Crippen molar-refractivity contribution in [1.82, 2.24) is 15.3 Å². The van der Waals surface area contributed by atoms with Crippen LogP contribution < -0.4 is 10.2 Å². The molecule has 6 heteroatoms. The van der Waals surface area contributed by atoms with E-state index in [4.69, 9.17) is 0 Å². The van der Waals surface area contributed by atoms with Gasteiger partial charge in [-0.25, -0.2) is 4.98 Å². The lowest BCUT2D eigenvalue weighted by Crippen LogP contribution is -2.42. The van der Waals surface area contributed by atoms with Crippen LogP contribution in [-0.2, 0) is 22.4 Å². The predicted molar refractivity (Wildman–Crippen MR) is 94.2 cm³/mol. The number of fused-ring (bicyclic) bond motifs is 1. The molecular formula is C19H22N4O2. The fraction of sp³-hybridized carbons (Fsp3) is 0.421. The van der Waals surface area contributed by atoms with Crippen LogP contribution in [0.25, 0.3) is 0 Å². The topological polar surface area (TPSA) is 78.1 Å². The average Bonchev–Trinajstić information content (AvgIpc) is 3.21. The number of H-pyrrole nitrogens is 1. The third-order valence-corrected chi connectivity index (χ3v) is 5.18. The van der Waals surface area contributed by atoms with E-state index in [2.05, 4.69) is 15.3 Å². The van der Waals surface area contributed by atoms with Crippen LogP contribution in [0.4, 0.5) is 5.69 Å². The molecule has 2 atom stereocenters. The molecular weight excluding hydrogens is 316 g/mol. The van der Waals surface area contributed by atoms with Crippen LogP contribution in [0.3, 0.4) is 0 Å². The van der Waals surface area contributed by atoms with Crippen LogP contribution in [-0.4, -0.2) is 34.4 Å². The molecule has 0 bridgehead atoms. The van der Waals surface area contributed by atoms with Gasteiger partial charge in [0.2, 0.25) is 11.8 Å². The van der Waals surface area contributed by atoms with Crippen LogP contribution in [0.5, 0.6) is 0 Å². The second-order valence-electron chi connectivity index (χ2n) is 7.02. The first-order valence-corrected chi connectivity index (χ1v) is 8.78. The lowest BCUT2D eigenvalue weighted by atomic mass is 9.89. The van der Waals surface area contributed by atoms with Gasteiger partial charge in [-0.3, -0.25) is 9.59 Å². The minimum Gasteiger partial charge on any atom is -0.351 e. The normalized spacial score (nSPS) is 22.8. The number of anilines is 1. The minimum absolute atomic E-state index is 0.0449. The fourth-order valence-electron chi connectivity index (χ4n) is 3.72. The number of imidazole rings is 1. The number of benzene rings is 1. The number of carbonyl (C=O) groups is 2. The van der Waals surface area contributed by atoms with E-state index in [0.29, 0.717) is 19.4 Å². The van der Waals surface area contributed by atoms with Crippen molar-refractivity contribution in [2.45, 2.75) is 38.6 Å². The van der Waals surface area contributed by atoms with Crippen LogP contribution in [0, 0.1) is 12.8 Å². The zero-order valence-electron chi connectivity index (χ0n) is 14.3.